The minimum absolute atomic E-state index is 0.312. The Morgan fingerprint density at radius 1 is 0.958 bits per heavy atom. The molecule has 1 N–H and O–H groups in total. The van der Waals surface area contributed by atoms with E-state index in [1.54, 1.807) is 0 Å². The van der Waals surface area contributed by atoms with Crippen LogP contribution < -0.4 is 0 Å². The van der Waals surface area contributed by atoms with E-state index >= 15 is 0 Å². The molecule has 0 amide bonds. The summed E-state index contributed by atoms with van der Waals surface area (Å²) < 4.78 is 0. The Labute approximate surface area is 146 Å². The Bertz CT molecular complexity index is 652. The zero-order valence-electron chi connectivity index (χ0n) is 15.0. The third kappa shape index (κ3) is 3.70. The first-order valence-electron chi connectivity index (χ1n) is 9.26. The summed E-state index contributed by atoms with van der Waals surface area (Å²) in [4.78, 5) is 4.79. The normalized spacial score (nSPS) is 25.6. The second-order valence-electron chi connectivity index (χ2n) is 7.75. The van der Waals surface area contributed by atoms with Crippen LogP contribution in [0.1, 0.15) is 51.8 Å². The molecule has 0 unspecified atom stereocenters. The molecular formula is C22H29NO. The molecule has 1 aromatic carbocycles. The summed E-state index contributed by atoms with van der Waals surface area (Å²) in [5.74, 6) is 2.19. The third-order valence-electron chi connectivity index (χ3n) is 5.62. The van der Waals surface area contributed by atoms with Gasteiger partial charge in [-0.25, -0.2) is 0 Å². The Morgan fingerprint density at radius 3 is 2.42 bits per heavy atom. The summed E-state index contributed by atoms with van der Waals surface area (Å²) in [5, 5.41) is 11.1. The molecule has 2 nitrogen and oxygen atoms in total. The maximum absolute atomic E-state index is 11.1. The molecule has 128 valence electrons. The molecule has 0 bridgehead atoms. The van der Waals surface area contributed by atoms with Gasteiger partial charge in [-0.15, -0.1) is 0 Å². The summed E-state index contributed by atoms with van der Waals surface area (Å²) in [7, 11) is 0. The molecule has 3 rings (SSSR count). The molecule has 0 saturated heterocycles. The van der Waals surface area contributed by atoms with E-state index in [1.165, 1.54) is 12.8 Å². The first kappa shape index (κ1) is 17.2. The van der Waals surface area contributed by atoms with Crippen LogP contribution in [-0.4, -0.2) is 10.1 Å². The van der Waals surface area contributed by atoms with Gasteiger partial charge in [0.05, 0.1) is 17.5 Å². The van der Waals surface area contributed by atoms with Crippen molar-refractivity contribution < 1.29 is 5.11 Å². The Balaban J connectivity index is 1.87. The van der Waals surface area contributed by atoms with Crippen LogP contribution in [0.15, 0.2) is 48.5 Å². The van der Waals surface area contributed by atoms with Crippen molar-refractivity contribution in [3.63, 3.8) is 0 Å². The zero-order chi connectivity index (χ0) is 17.1. The predicted molar refractivity (Wildman–Crippen MR) is 99.5 cm³/mol. The van der Waals surface area contributed by atoms with Crippen molar-refractivity contribution in [1.29, 1.82) is 0 Å². The van der Waals surface area contributed by atoms with Crippen molar-refractivity contribution in [2.75, 3.05) is 0 Å². The van der Waals surface area contributed by atoms with Crippen LogP contribution >= 0.6 is 0 Å². The van der Waals surface area contributed by atoms with E-state index in [9.17, 15) is 5.11 Å². The molecule has 4 atom stereocenters. The van der Waals surface area contributed by atoms with Gasteiger partial charge >= 0.3 is 0 Å². The quantitative estimate of drug-likeness (QED) is 0.807. The highest BCUT2D eigenvalue weighted by Crippen LogP contribution is 2.44. The lowest BCUT2D eigenvalue weighted by atomic mass is 9.67. The van der Waals surface area contributed by atoms with Gasteiger partial charge in [-0.3, -0.25) is 4.98 Å². The first-order valence-corrected chi connectivity index (χ1v) is 9.26. The third-order valence-corrected chi connectivity index (χ3v) is 5.62. The molecule has 24 heavy (non-hydrogen) atoms. The summed E-state index contributed by atoms with van der Waals surface area (Å²) in [5.41, 5.74) is 2.86. The number of aliphatic hydroxyl groups is 1. The highest BCUT2D eigenvalue weighted by Gasteiger charge is 2.36. The second kappa shape index (κ2) is 7.48. The molecule has 1 heterocycles. The van der Waals surface area contributed by atoms with Crippen LogP contribution in [0.25, 0.3) is 11.3 Å². The van der Waals surface area contributed by atoms with Crippen LogP contribution in [0.5, 0.6) is 0 Å². The highest BCUT2D eigenvalue weighted by atomic mass is 16.3. The van der Waals surface area contributed by atoms with Gasteiger partial charge in [-0.05, 0) is 48.6 Å². The molecule has 0 spiro atoms. The van der Waals surface area contributed by atoms with Crippen molar-refractivity contribution in [3.8, 4) is 11.3 Å². The fourth-order valence-electron chi connectivity index (χ4n) is 4.24. The number of benzene rings is 1. The number of hydrogen-bond donors (Lipinski definition) is 1. The van der Waals surface area contributed by atoms with Gasteiger partial charge < -0.3 is 5.11 Å². The maximum atomic E-state index is 11.1. The lowest BCUT2D eigenvalue weighted by Gasteiger charge is -2.39. The Hall–Kier alpha value is -1.67. The van der Waals surface area contributed by atoms with E-state index in [1.807, 2.05) is 36.4 Å². The standard InChI is InChI=1S/C22H29NO/c1-15(2)18-13-12-16(3)14-19(18)22(24)21-11-7-10-20(23-21)17-8-5-4-6-9-17/h4-11,15-16,18-19,22,24H,12-14H2,1-3H3/t16-,18+,19+,22+/m1/s1. The fourth-order valence-corrected chi connectivity index (χ4v) is 4.24. The van der Waals surface area contributed by atoms with Crippen molar-refractivity contribution >= 4 is 0 Å². The molecule has 0 aliphatic heterocycles. The zero-order valence-corrected chi connectivity index (χ0v) is 15.0. The summed E-state index contributed by atoms with van der Waals surface area (Å²) >= 11 is 0. The van der Waals surface area contributed by atoms with Gasteiger partial charge in [0.2, 0.25) is 0 Å². The van der Waals surface area contributed by atoms with Crippen LogP contribution in [-0.2, 0) is 0 Å². The number of aromatic nitrogens is 1. The first-order chi connectivity index (χ1) is 11.6. The lowest BCUT2D eigenvalue weighted by Crippen LogP contribution is -2.32. The highest BCUT2D eigenvalue weighted by molar-refractivity contribution is 5.58. The lowest BCUT2D eigenvalue weighted by molar-refractivity contribution is 0.0122. The number of hydrogen-bond acceptors (Lipinski definition) is 2. The number of rotatable bonds is 4. The molecule has 2 heteroatoms. The van der Waals surface area contributed by atoms with Gasteiger partial charge in [0.25, 0.3) is 0 Å². The monoisotopic (exact) mass is 323 g/mol. The second-order valence-corrected chi connectivity index (χ2v) is 7.75. The van der Waals surface area contributed by atoms with E-state index < -0.39 is 6.10 Å². The Kier molecular flexibility index (Phi) is 5.35. The number of pyridine rings is 1. The average Bonchev–Trinajstić information content (AvgIpc) is 2.61. The fraction of sp³-hybridized carbons (Fsp3) is 0.500. The van der Waals surface area contributed by atoms with Crippen LogP contribution in [0.4, 0.5) is 0 Å². The number of aliphatic hydroxyl groups excluding tert-OH is 1. The molecule has 1 aliphatic carbocycles. The largest absolute Gasteiger partial charge is 0.387 e. The molecule has 0 radical (unpaired) electrons. The van der Waals surface area contributed by atoms with E-state index in [2.05, 4.69) is 32.9 Å². The molecule has 1 aromatic heterocycles. The molecule has 1 saturated carbocycles. The van der Waals surface area contributed by atoms with E-state index in [0.29, 0.717) is 23.7 Å². The summed E-state index contributed by atoms with van der Waals surface area (Å²) in [6.45, 7) is 6.88. The van der Waals surface area contributed by atoms with Crippen molar-refractivity contribution in [2.45, 2.75) is 46.1 Å². The summed E-state index contributed by atoms with van der Waals surface area (Å²) in [6, 6.07) is 16.2. The SMILES string of the molecule is CC(C)[C@@H]1CC[C@@H](C)C[C@@H]1[C@H](O)c1cccc(-c2ccccc2)n1. The van der Waals surface area contributed by atoms with Gasteiger partial charge in [-0.2, -0.15) is 0 Å². The molecule has 1 fully saturated rings. The van der Waals surface area contributed by atoms with Gasteiger partial charge in [0.1, 0.15) is 0 Å². The topological polar surface area (TPSA) is 33.1 Å². The van der Waals surface area contributed by atoms with E-state index in [-0.39, 0.29) is 0 Å². The van der Waals surface area contributed by atoms with Crippen molar-refractivity contribution in [2.24, 2.45) is 23.7 Å². The maximum Gasteiger partial charge on any atom is 0.0990 e. The number of nitrogens with zero attached hydrogens (tertiary/aromatic N) is 1. The van der Waals surface area contributed by atoms with Gasteiger partial charge in [0, 0.05) is 5.56 Å². The van der Waals surface area contributed by atoms with Gasteiger partial charge in [-0.1, -0.05) is 63.6 Å². The molecular weight excluding hydrogens is 294 g/mol. The summed E-state index contributed by atoms with van der Waals surface area (Å²) in [6.07, 6.45) is 3.13. The van der Waals surface area contributed by atoms with Crippen molar-refractivity contribution in [1.82, 2.24) is 4.98 Å². The smallest absolute Gasteiger partial charge is 0.0990 e. The van der Waals surface area contributed by atoms with Gasteiger partial charge in [0.15, 0.2) is 0 Å². The predicted octanol–water partition coefficient (Wildman–Crippen LogP) is 5.49. The van der Waals surface area contributed by atoms with E-state index in [0.717, 1.165) is 23.4 Å². The van der Waals surface area contributed by atoms with Crippen LogP contribution in [0.3, 0.4) is 0 Å². The van der Waals surface area contributed by atoms with Crippen LogP contribution in [0.2, 0.25) is 0 Å². The van der Waals surface area contributed by atoms with Crippen molar-refractivity contribution in [3.05, 3.63) is 54.2 Å². The Morgan fingerprint density at radius 2 is 1.71 bits per heavy atom. The average molecular weight is 323 g/mol. The minimum atomic E-state index is -0.469. The van der Waals surface area contributed by atoms with E-state index in [4.69, 9.17) is 4.98 Å². The molecule has 2 aromatic rings. The minimum Gasteiger partial charge on any atom is -0.387 e. The molecule has 1 aliphatic rings. The van der Waals surface area contributed by atoms with Crippen LogP contribution in [0, 0.1) is 23.7 Å².